The van der Waals surface area contributed by atoms with Crippen LogP contribution in [0.1, 0.15) is 60.3 Å². The first-order chi connectivity index (χ1) is 14.3. The average Bonchev–Trinajstić information content (AvgIpc) is 2.74. The van der Waals surface area contributed by atoms with E-state index in [1.165, 1.54) is 0 Å². The van der Waals surface area contributed by atoms with Gasteiger partial charge in [0.2, 0.25) is 0 Å². The number of hydrogen-bond donors (Lipinski definition) is 1. The quantitative estimate of drug-likeness (QED) is 0.387. The SMILES string of the molecule is CCC(C)CC(COc1ccc2c(OCC(O)CC(C)(C)CC)cccc2c1)N=O. The third-order valence-electron chi connectivity index (χ3n) is 5.95. The van der Waals surface area contributed by atoms with Crippen molar-refractivity contribution < 1.29 is 14.6 Å². The fourth-order valence-corrected chi connectivity index (χ4v) is 3.44. The molecule has 0 aliphatic carbocycles. The van der Waals surface area contributed by atoms with Crippen molar-refractivity contribution in [2.45, 2.75) is 72.4 Å². The van der Waals surface area contributed by atoms with Crippen LogP contribution >= 0.6 is 0 Å². The summed E-state index contributed by atoms with van der Waals surface area (Å²) < 4.78 is 11.8. The minimum absolute atomic E-state index is 0.0942. The van der Waals surface area contributed by atoms with Gasteiger partial charge in [0.25, 0.3) is 0 Å². The summed E-state index contributed by atoms with van der Waals surface area (Å²) in [5.41, 5.74) is 0.0942. The number of hydrogen-bond acceptors (Lipinski definition) is 5. The molecule has 0 fully saturated rings. The summed E-state index contributed by atoms with van der Waals surface area (Å²) in [6.45, 7) is 11.2. The summed E-state index contributed by atoms with van der Waals surface area (Å²) in [6, 6.07) is 11.3. The Kier molecular flexibility index (Phi) is 9.09. The molecule has 2 rings (SSSR count). The summed E-state index contributed by atoms with van der Waals surface area (Å²) in [5, 5.41) is 15.5. The number of ether oxygens (including phenoxy) is 2. The largest absolute Gasteiger partial charge is 0.491 e. The van der Waals surface area contributed by atoms with E-state index in [4.69, 9.17) is 9.47 Å². The number of aliphatic hydroxyl groups excluding tert-OH is 1. The van der Waals surface area contributed by atoms with Crippen LogP contribution in [0.25, 0.3) is 10.8 Å². The molecule has 2 aromatic rings. The molecule has 30 heavy (non-hydrogen) atoms. The van der Waals surface area contributed by atoms with Crippen molar-refractivity contribution in [3.05, 3.63) is 41.3 Å². The van der Waals surface area contributed by atoms with E-state index in [2.05, 4.69) is 39.8 Å². The van der Waals surface area contributed by atoms with E-state index >= 15 is 0 Å². The Hall–Kier alpha value is -2.14. The Morgan fingerprint density at radius 1 is 1.10 bits per heavy atom. The van der Waals surface area contributed by atoms with Gasteiger partial charge >= 0.3 is 0 Å². The lowest BCUT2D eigenvalue weighted by atomic mass is 9.84. The van der Waals surface area contributed by atoms with E-state index < -0.39 is 6.10 Å². The first-order valence-corrected chi connectivity index (χ1v) is 11.1. The smallest absolute Gasteiger partial charge is 0.127 e. The minimum atomic E-state index is -0.504. The van der Waals surface area contributed by atoms with Gasteiger partial charge in [-0.1, -0.05) is 64.8 Å². The molecule has 2 aromatic carbocycles. The number of fused-ring (bicyclic) bond motifs is 1. The number of nitroso groups, excluding NO2 is 1. The van der Waals surface area contributed by atoms with Crippen molar-refractivity contribution in [1.29, 1.82) is 0 Å². The highest BCUT2D eigenvalue weighted by Gasteiger charge is 2.21. The van der Waals surface area contributed by atoms with Crippen LogP contribution in [-0.2, 0) is 0 Å². The summed E-state index contributed by atoms with van der Waals surface area (Å²) >= 11 is 0. The summed E-state index contributed by atoms with van der Waals surface area (Å²) in [5.74, 6) is 1.91. The molecular formula is C25H37NO4. The second-order valence-electron chi connectivity index (χ2n) is 9.15. The highest BCUT2D eigenvalue weighted by molar-refractivity contribution is 5.89. The molecule has 3 unspecified atom stereocenters. The Bertz CT molecular complexity index is 805. The lowest BCUT2D eigenvalue weighted by Crippen LogP contribution is -2.25. The molecule has 3 atom stereocenters. The van der Waals surface area contributed by atoms with Gasteiger partial charge in [-0.25, -0.2) is 0 Å². The normalized spacial score (nSPS) is 14.9. The Labute approximate surface area is 180 Å². The number of rotatable bonds is 13. The van der Waals surface area contributed by atoms with Gasteiger partial charge in [-0.3, -0.25) is 0 Å². The van der Waals surface area contributed by atoms with E-state index in [0.717, 1.165) is 35.8 Å². The van der Waals surface area contributed by atoms with E-state index in [0.29, 0.717) is 18.1 Å². The van der Waals surface area contributed by atoms with E-state index in [1.54, 1.807) is 0 Å². The van der Waals surface area contributed by atoms with Gasteiger partial charge in [-0.05, 0) is 53.8 Å². The fraction of sp³-hybridized carbons (Fsp3) is 0.600. The maximum atomic E-state index is 11.1. The van der Waals surface area contributed by atoms with E-state index in [9.17, 15) is 10.0 Å². The van der Waals surface area contributed by atoms with Crippen LogP contribution in [0.2, 0.25) is 0 Å². The molecule has 0 saturated carbocycles. The molecule has 5 nitrogen and oxygen atoms in total. The summed E-state index contributed by atoms with van der Waals surface area (Å²) in [7, 11) is 0. The number of aliphatic hydroxyl groups is 1. The van der Waals surface area contributed by atoms with Gasteiger partial charge in [0.05, 0.1) is 6.10 Å². The standard InChI is InChI=1S/C25H37NO4/c1-6-18(3)13-20(26-28)16-29-22-11-12-23-19(14-22)9-8-10-24(23)30-17-21(27)15-25(4,5)7-2/h8-12,14,18,20-21,27H,6-7,13,15-17H2,1-5H3. The van der Waals surface area contributed by atoms with Gasteiger partial charge in [0.15, 0.2) is 0 Å². The lowest BCUT2D eigenvalue weighted by molar-refractivity contribution is 0.0655. The topological polar surface area (TPSA) is 68.1 Å². The van der Waals surface area contributed by atoms with Crippen molar-refractivity contribution in [3.8, 4) is 11.5 Å². The number of benzene rings is 2. The van der Waals surface area contributed by atoms with Crippen LogP contribution in [0.5, 0.6) is 11.5 Å². The second kappa shape index (κ2) is 11.3. The van der Waals surface area contributed by atoms with Crippen molar-refractivity contribution in [2.24, 2.45) is 16.5 Å². The highest BCUT2D eigenvalue weighted by atomic mass is 16.5. The van der Waals surface area contributed by atoms with E-state index in [1.807, 2.05) is 36.4 Å². The third kappa shape index (κ3) is 7.28. The number of nitrogens with zero attached hydrogens (tertiary/aromatic N) is 1. The van der Waals surface area contributed by atoms with Crippen LogP contribution < -0.4 is 9.47 Å². The fourth-order valence-electron chi connectivity index (χ4n) is 3.44. The molecule has 0 aliphatic heterocycles. The lowest BCUT2D eigenvalue weighted by Gasteiger charge is -2.25. The van der Waals surface area contributed by atoms with Crippen LogP contribution in [0, 0.1) is 16.2 Å². The molecule has 0 aromatic heterocycles. The molecule has 0 saturated heterocycles. The molecule has 5 heteroatoms. The molecule has 166 valence electrons. The zero-order chi connectivity index (χ0) is 22.1. The van der Waals surface area contributed by atoms with Crippen molar-refractivity contribution >= 4 is 10.8 Å². The highest BCUT2D eigenvalue weighted by Crippen LogP contribution is 2.30. The predicted octanol–water partition coefficient (Wildman–Crippen LogP) is 6.36. The van der Waals surface area contributed by atoms with E-state index in [-0.39, 0.29) is 24.7 Å². The Balaban J connectivity index is 2.02. The van der Waals surface area contributed by atoms with Crippen LogP contribution in [0.3, 0.4) is 0 Å². The molecule has 0 aliphatic rings. The third-order valence-corrected chi connectivity index (χ3v) is 5.95. The molecule has 0 heterocycles. The Morgan fingerprint density at radius 2 is 1.87 bits per heavy atom. The van der Waals surface area contributed by atoms with Crippen molar-refractivity contribution in [1.82, 2.24) is 0 Å². The monoisotopic (exact) mass is 415 g/mol. The molecule has 0 bridgehead atoms. The first-order valence-electron chi connectivity index (χ1n) is 11.1. The molecule has 1 N–H and O–H groups in total. The minimum Gasteiger partial charge on any atom is -0.491 e. The van der Waals surface area contributed by atoms with Crippen LogP contribution in [0.15, 0.2) is 41.6 Å². The van der Waals surface area contributed by atoms with Gasteiger partial charge < -0.3 is 14.6 Å². The van der Waals surface area contributed by atoms with Crippen LogP contribution in [0.4, 0.5) is 0 Å². The maximum Gasteiger partial charge on any atom is 0.127 e. The molecular weight excluding hydrogens is 378 g/mol. The second-order valence-corrected chi connectivity index (χ2v) is 9.15. The molecule has 0 spiro atoms. The van der Waals surface area contributed by atoms with Crippen molar-refractivity contribution in [3.63, 3.8) is 0 Å². The average molecular weight is 416 g/mol. The Morgan fingerprint density at radius 3 is 2.53 bits per heavy atom. The van der Waals surface area contributed by atoms with Gasteiger partial charge in [-0.2, -0.15) is 4.91 Å². The summed E-state index contributed by atoms with van der Waals surface area (Å²) in [4.78, 5) is 11.1. The first kappa shape index (κ1) is 24.1. The zero-order valence-corrected chi connectivity index (χ0v) is 19.1. The van der Waals surface area contributed by atoms with Gasteiger partial charge in [0.1, 0.15) is 30.8 Å². The summed E-state index contributed by atoms with van der Waals surface area (Å²) in [6.07, 6.45) is 2.97. The zero-order valence-electron chi connectivity index (χ0n) is 19.1. The van der Waals surface area contributed by atoms with Crippen LogP contribution in [-0.4, -0.2) is 30.5 Å². The van der Waals surface area contributed by atoms with Gasteiger partial charge in [-0.15, -0.1) is 0 Å². The van der Waals surface area contributed by atoms with Gasteiger partial charge in [0, 0.05) is 5.39 Å². The molecule has 0 radical (unpaired) electrons. The molecule has 0 amide bonds. The van der Waals surface area contributed by atoms with Crippen molar-refractivity contribution in [2.75, 3.05) is 13.2 Å². The predicted molar refractivity (Wildman–Crippen MR) is 123 cm³/mol. The maximum absolute atomic E-state index is 11.1.